The summed E-state index contributed by atoms with van der Waals surface area (Å²) in [6.45, 7) is 13.6. The number of rotatable bonds is 9. The van der Waals surface area contributed by atoms with E-state index in [0.717, 1.165) is 37.6 Å². The number of benzene rings is 1. The highest BCUT2D eigenvalue weighted by Crippen LogP contribution is 2.13. The van der Waals surface area contributed by atoms with Gasteiger partial charge < -0.3 is 10.5 Å². The van der Waals surface area contributed by atoms with Crippen LogP contribution in [0.15, 0.2) is 24.3 Å². The van der Waals surface area contributed by atoms with Crippen molar-refractivity contribution in [1.29, 1.82) is 0 Å². The van der Waals surface area contributed by atoms with Gasteiger partial charge in [-0.15, -0.1) is 0 Å². The van der Waals surface area contributed by atoms with Crippen molar-refractivity contribution in [3.8, 4) is 5.75 Å². The Morgan fingerprint density at radius 2 is 1.75 bits per heavy atom. The molecule has 2 N–H and O–H groups in total. The molecular weight excluding hydrogens is 248 g/mol. The lowest BCUT2D eigenvalue weighted by atomic mass is 10.1. The normalized spacial score (nSPS) is 11.6. The maximum atomic E-state index is 5.84. The van der Waals surface area contributed by atoms with Crippen molar-refractivity contribution in [1.82, 2.24) is 4.90 Å². The summed E-state index contributed by atoms with van der Waals surface area (Å²) in [5.74, 6) is 2.30. The molecule has 0 radical (unpaired) electrons. The fraction of sp³-hybridized carbons (Fsp3) is 0.647. The van der Waals surface area contributed by atoms with E-state index in [9.17, 15) is 0 Å². The Labute approximate surface area is 124 Å². The molecule has 0 heterocycles. The first-order chi connectivity index (χ1) is 9.51. The standard InChI is InChI=1S/C17H30N2O/c1-14(2)12-19(13-15(3)4)8-9-20-17-7-5-6-16(10-17)11-18/h5-7,10,14-15H,8-9,11-13,18H2,1-4H3. The van der Waals surface area contributed by atoms with Crippen LogP contribution in [0.1, 0.15) is 33.3 Å². The third-order valence-corrected chi connectivity index (χ3v) is 3.06. The van der Waals surface area contributed by atoms with Crippen LogP contribution in [0.3, 0.4) is 0 Å². The number of hydrogen-bond acceptors (Lipinski definition) is 3. The minimum absolute atomic E-state index is 0.560. The van der Waals surface area contributed by atoms with Gasteiger partial charge >= 0.3 is 0 Å². The van der Waals surface area contributed by atoms with Gasteiger partial charge in [0, 0.05) is 26.2 Å². The Bertz CT molecular complexity index is 367. The first kappa shape index (κ1) is 17.0. The maximum Gasteiger partial charge on any atom is 0.119 e. The average molecular weight is 278 g/mol. The number of nitrogens with zero attached hydrogens (tertiary/aromatic N) is 1. The second-order valence-corrected chi connectivity index (χ2v) is 6.25. The summed E-state index contributed by atoms with van der Waals surface area (Å²) in [4.78, 5) is 2.49. The summed E-state index contributed by atoms with van der Waals surface area (Å²) >= 11 is 0. The van der Waals surface area contributed by atoms with E-state index in [2.05, 4.69) is 32.6 Å². The molecule has 114 valence electrons. The lowest BCUT2D eigenvalue weighted by molar-refractivity contribution is 0.177. The third kappa shape index (κ3) is 6.92. The van der Waals surface area contributed by atoms with Gasteiger partial charge in [0.2, 0.25) is 0 Å². The van der Waals surface area contributed by atoms with E-state index < -0.39 is 0 Å². The monoisotopic (exact) mass is 278 g/mol. The highest BCUT2D eigenvalue weighted by atomic mass is 16.5. The zero-order valence-electron chi connectivity index (χ0n) is 13.4. The Hall–Kier alpha value is -1.06. The summed E-state index contributed by atoms with van der Waals surface area (Å²) in [6.07, 6.45) is 0. The molecule has 0 atom stereocenters. The molecule has 0 saturated heterocycles. The van der Waals surface area contributed by atoms with E-state index in [1.165, 1.54) is 0 Å². The van der Waals surface area contributed by atoms with Crippen LogP contribution in [0.25, 0.3) is 0 Å². The van der Waals surface area contributed by atoms with Crippen LogP contribution in [0, 0.1) is 11.8 Å². The van der Waals surface area contributed by atoms with Crippen LogP contribution in [-0.4, -0.2) is 31.1 Å². The molecule has 0 fully saturated rings. The molecule has 0 saturated carbocycles. The largest absolute Gasteiger partial charge is 0.492 e. The second kappa shape index (κ2) is 8.98. The Kier molecular flexibility index (Phi) is 7.63. The molecule has 0 bridgehead atoms. The molecule has 0 aliphatic rings. The molecule has 1 aromatic rings. The summed E-state index contributed by atoms with van der Waals surface area (Å²) in [6, 6.07) is 8.04. The van der Waals surface area contributed by atoms with Gasteiger partial charge in [-0.25, -0.2) is 0 Å². The minimum Gasteiger partial charge on any atom is -0.492 e. The van der Waals surface area contributed by atoms with Gasteiger partial charge in [0.25, 0.3) is 0 Å². The van der Waals surface area contributed by atoms with E-state index in [1.54, 1.807) is 0 Å². The minimum atomic E-state index is 0.560. The number of nitrogens with two attached hydrogens (primary N) is 1. The Morgan fingerprint density at radius 1 is 1.10 bits per heavy atom. The average Bonchev–Trinajstić information content (AvgIpc) is 2.37. The van der Waals surface area contributed by atoms with Crippen LogP contribution in [0.5, 0.6) is 5.75 Å². The van der Waals surface area contributed by atoms with Crippen molar-refractivity contribution in [2.75, 3.05) is 26.2 Å². The topological polar surface area (TPSA) is 38.5 Å². The first-order valence-electron chi connectivity index (χ1n) is 7.65. The Morgan fingerprint density at radius 3 is 2.30 bits per heavy atom. The molecule has 3 heteroatoms. The van der Waals surface area contributed by atoms with Crippen molar-refractivity contribution >= 4 is 0 Å². The van der Waals surface area contributed by atoms with E-state index in [4.69, 9.17) is 10.5 Å². The number of hydrogen-bond donors (Lipinski definition) is 1. The molecule has 0 aliphatic carbocycles. The summed E-state index contributed by atoms with van der Waals surface area (Å²) in [7, 11) is 0. The molecule has 1 aromatic carbocycles. The van der Waals surface area contributed by atoms with Crippen LogP contribution in [0.2, 0.25) is 0 Å². The summed E-state index contributed by atoms with van der Waals surface area (Å²) < 4.78 is 5.84. The van der Waals surface area contributed by atoms with Gasteiger partial charge in [-0.3, -0.25) is 4.90 Å². The molecule has 0 amide bonds. The van der Waals surface area contributed by atoms with Crippen molar-refractivity contribution in [3.63, 3.8) is 0 Å². The fourth-order valence-electron chi connectivity index (χ4n) is 2.34. The van der Waals surface area contributed by atoms with Gasteiger partial charge in [-0.2, -0.15) is 0 Å². The van der Waals surface area contributed by atoms with Crippen LogP contribution in [-0.2, 0) is 6.54 Å². The lowest BCUT2D eigenvalue weighted by Gasteiger charge is -2.26. The molecule has 0 unspecified atom stereocenters. The number of ether oxygens (including phenoxy) is 1. The van der Waals surface area contributed by atoms with Gasteiger partial charge in [0.1, 0.15) is 12.4 Å². The predicted molar refractivity (Wildman–Crippen MR) is 85.9 cm³/mol. The van der Waals surface area contributed by atoms with Gasteiger partial charge in [0.15, 0.2) is 0 Å². The molecule has 20 heavy (non-hydrogen) atoms. The second-order valence-electron chi connectivity index (χ2n) is 6.25. The fourth-order valence-corrected chi connectivity index (χ4v) is 2.34. The molecule has 0 aromatic heterocycles. The Balaban J connectivity index is 2.42. The summed E-state index contributed by atoms with van der Waals surface area (Å²) in [5, 5.41) is 0. The predicted octanol–water partition coefficient (Wildman–Crippen LogP) is 3.14. The molecule has 0 aliphatic heterocycles. The van der Waals surface area contributed by atoms with Gasteiger partial charge in [-0.05, 0) is 29.5 Å². The quantitative estimate of drug-likeness (QED) is 0.754. The van der Waals surface area contributed by atoms with Crippen LogP contribution < -0.4 is 10.5 Å². The highest BCUT2D eigenvalue weighted by Gasteiger charge is 2.09. The van der Waals surface area contributed by atoms with Crippen LogP contribution in [0.4, 0.5) is 0 Å². The van der Waals surface area contributed by atoms with E-state index in [0.29, 0.717) is 18.4 Å². The van der Waals surface area contributed by atoms with Gasteiger partial charge in [-0.1, -0.05) is 39.8 Å². The van der Waals surface area contributed by atoms with E-state index in [-0.39, 0.29) is 0 Å². The third-order valence-electron chi connectivity index (χ3n) is 3.06. The zero-order chi connectivity index (χ0) is 15.0. The molecule has 3 nitrogen and oxygen atoms in total. The first-order valence-corrected chi connectivity index (χ1v) is 7.65. The molecular formula is C17H30N2O. The van der Waals surface area contributed by atoms with Crippen LogP contribution >= 0.6 is 0 Å². The van der Waals surface area contributed by atoms with Crippen molar-refractivity contribution < 1.29 is 4.74 Å². The zero-order valence-corrected chi connectivity index (χ0v) is 13.4. The molecule has 1 rings (SSSR count). The molecule has 0 spiro atoms. The van der Waals surface area contributed by atoms with E-state index in [1.807, 2.05) is 24.3 Å². The van der Waals surface area contributed by atoms with Gasteiger partial charge in [0.05, 0.1) is 0 Å². The highest BCUT2D eigenvalue weighted by molar-refractivity contribution is 5.28. The smallest absolute Gasteiger partial charge is 0.119 e. The maximum absolute atomic E-state index is 5.84. The lowest BCUT2D eigenvalue weighted by Crippen LogP contribution is -2.34. The summed E-state index contributed by atoms with van der Waals surface area (Å²) in [5.41, 5.74) is 6.76. The van der Waals surface area contributed by atoms with E-state index >= 15 is 0 Å². The van der Waals surface area contributed by atoms with Crippen molar-refractivity contribution in [2.24, 2.45) is 17.6 Å². The van der Waals surface area contributed by atoms with Crippen molar-refractivity contribution in [2.45, 2.75) is 34.2 Å². The SMILES string of the molecule is CC(C)CN(CCOc1cccc(CN)c1)CC(C)C. The van der Waals surface area contributed by atoms with Crippen molar-refractivity contribution in [3.05, 3.63) is 29.8 Å².